The van der Waals surface area contributed by atoms with E-state index < -0.39 is 121 Å². The number of primary amides is 1. The molecule has 544 valence electrons. The number of hydrogen-bond donors (Lipinski definition) is 15. The minimum Gasteiger partial charge on any atom is -0.379 e. The number of H-pyrrole nitrogens is 2. The van der Waals surface area contributed by atoms with E-state index in [-0.39, 0.29) is 89.3 Å². The number of rotatable bonds is 35. The molecule has 6 rings (SSSR count). The minimum atomic E-state index is -1.71. The molecule has 5 aromatic rings. The fourth-order valence-corrected chi connectivity index (χ4v) is 10.8. The van der Waals surface area contributed by atoms with Crippen LogP contribution in [-0.2, 0) is 90.9 Å². The van der Waals surface area contributed by atoms with E-state index in [1.54, 1.807) is 12.3 Å². The van der Waals surface area contributed by atoms with Crippen LogP contribution in [0.2, 0.25) is 0 Å². The van der Waals surface area contributed by atoms with Crippen LogP contribution in [0, 0.1) is 0 Å². The molecule has 0 bridgehead atoms. The quantitative estimate of drug-likeness (QED) is 0.0131. The van der Waals surface area contributed by atoms with Crippen LogP contribution >= 0.6 is 0 Å². The van der Waals surface area contributed by atoms with E-state index in [0.717, 1.165) is 21.7 Å². The summed E-state index contributed by atoms with van der Waals surface area (Å²) in [7, 11) is 0. The molecule has 2 aromatic heterocycles. The number of fused-ring (bicyclic) bond motifs is 2. The fourth-order valence-electron chi connectivity index (χ4n) is 10.8. The third-order valence-corrected chi connectivity index (χ3v) is 16.1. The first-order valence-corrected chi connectivity index (χ1v) is 33.8. The van der Waals surface area contributed by atoms with Crippen molar-refractivity contribution < 1.29 is 71.7 Å². The number of guanidine groups is 1. The lowest BCUT2D eigenvalue weighted by molar-refractivity contribution is -0.137. The number of imidazole rings is 1. The molecule has 3 heterocycles. The summed E-state index contributed by atoms with van der Waals surface area (Å²) < 4.78 is 21.9. The lowest BCUT2D eigenvalue weighted by Crippen LogP contribution is -2.61. The summed E-state index contributed by atoms with van der Waals surface area (Å²) in [5, 5.41) is 29.6. The van der Waals surface area contributed by atoms with Gasteiger partial charge in [-0.05, 0) is 79.3 Å². The number of carbonyl (C=O) groups excluding carboxylic acids is 11. The van der Waals surface area contributed by atoms with Gasteiger partial charge in [0.25, 0.3) is 0 Å². The van der Waals surface area contributed by atoms with Crippen molar-refractivity contribution in [3.8, 4) is 0 Å². The van der Waals surface area contributed by atoms with Gasteiger partial charge in [-0.25, -0.2) is 4.98 Å². The molecule has 0 aliphatic carbocycles. The Morgan fingerprint density at radius 3 is 1.97 bits per heavy atom. The second-order valence-corrected chi connectivity index (χ2v) is 24.1. The molecule has 0 unspecified atom stereocenters. The molecule has 1 fully saturated rings. The van der Waals surface area contributed by atoms with Crippen LogP contribution in [0.4, 0.5) is 0 Å². The van der Waals surface area contributed by atoms with E-state index in [0.29, 0.717) is 88.7 Å². The molecule has 18 N–H and O–H groups in total. The maximum absolute atomic E-state index is 15.1. The Morgan fingerprint density at radius 1 is 0.650 bits per heavy atom. The van der Waals surface area contributed by atoms with E-state index in [9.17, 15) is 43.2 Å². The highest BCUT2D eigenvalue weighted by Gasteiger charge is 2.36. The molecule has 0 spiro atoms. The Kier molecular flexibility index (Phi) is 34.2. The number of hydrogen-bond acceptors (Lipinski definition) is 17. The first-order chi connectivity index (χ1) is 48.3. The van der Waals surface area contributed by atoms with Gasteiger partial charge in [-0.1, -0.05) is 80.4 Å². The van der Waals surface area contributed by atoms with Crippen molar-refractivity contribution in [3.05, 3.63) is 102 Å². The Labute approximate surface area is 579 Å². The number of unbranched alkanes of at least 4 members (excludes halogenated alkanes) is 1. The monoisotopic (exact) mass is 1390 g/mol. The van der Waals surface area contributed by atoms with E-state index in [4.69, 9.17) is 36.1 Å². The lowest BCUT2D eigenvalue weighted by atomic mass is 9.99. The Bertz CT molecular complexity index is 3510. The number of aliphatic imine (C=N–C) groups is 1. The molecule has 1 saturated heterocycles. The third-order valence-electron chi connectivity index (χ3n) is 16.1. The fraction of sp³-hybridized carbons (Fsp3) is 0.515. The van der Waals surface area contributed by atoms with Gasteiger partial charge in [0.15, 0.2) is 5.96 Å². The van der Waals surface area contributed by atoms with Crippen LogP contribution in [0.1, 0.15) is 101 Å². The van der Waals surface area contributed by atoms with Crippen LogP contribution in [0.5, 0.6) is 0 Å². The summed E-state index contributed by atoms with van der Waals surface area (Å²) in [6.45, 7) is 5.31. The Morgan fingerprint density at radius 2 is 1.28 bits per heavy atom. The van der Waals surface area contributed by atoms with Gasteiger partial charge < -0.3 is 99.3 Å². The van der Waals surface area contributed by atoms with Gasteiger partial charge in [-0.15, -0.1) is 0 Å². The van der Waals surface area contributed by atoms with Gasteiger partial charge in [0.05, 0.1) is 39.2 Å². The highest BCUT2D eigenvalue weighted by atomic mass is 16.5. The van der Waals surface area contributed by atoms with Crippen LogP contribution in [0.25, 0.3) is 21.7 Å². The predicted molar refractivity (Wildman–Crippen MR) is 370 cm³/mol. The van der Waals surface area contributed by atoms with Gasteiger partial charge in [0.1, 0.15) is 55.5 Å². The number of aromatic nitrogens is 3. The molecule has 1 aliphatic heterocycles. The van der Waals surface area contributed by atoms with Crippen LogP contribution in [-0.4, -0.2) is 207 Å². The van der Waals surface area contributed by atoms with Crippen molar-refractivity contribution >= 4 is 92.6 Å². The smallest absolute Gasteiger partial charge is 0.246 e. The van der Waals surface area contributed by atoms with E-state index in [1.807, 2.05) is 67.6 Å². The molecule has 32 heteroatoms. The van der Waals surface area contributed by atoms with Crippen molar-refractivity contribution in [1.82, 2.24) is 68.1 Å². The van der Waals surface area contributed by atoms with Gasteiger partial charge in [-0.3, -0.25) is 57.7 Å². The number of nitrogens with two attached hydrogens (primary N) is 3. The molecule has 3 aromatic carbocycles. The first kappa shape index (κ1) is 78.9. The highest BCUT2D eigenvalue weighted by molar-refractivity contribution is 5.99. The average Bonchev–Trinajstić information content (AvgIpc) is 1.53. The zero-order valence-electron chi connectivity index (χ0n) is 56.8. The van der Waals surface area contributed by atoms with E-state index in [2.05, 4.69) is 73.1 Å². The number of benzene rings is 3. The van der Waals surface area contributed by atoms with Crippen molar-refractivity contribution in [2.24, 2.45) is 22.2 Å². The Hall–Kier alpha value is -10.1. The zero-order valence-corrected chi connectivity index (χ0v) is 56.8. The second-order valence-electron chi connectivity index (χ2n) is 24.1. The summed E-state index contributed by atoms with van der Waals surface area (Å²) in [4.78, 5) is 167. The SMILES string of the molecule is CCCC[C@H](NC(=O)COCC(=O)NCCCOCCOCCOCCCNC(C)=O)C(=O)N[C@H]1CC(=O)NCCCC[C@@H](C(N)=O)NC(=O)[C@H](Cc2c[nH]c3ccccc23)NC(=O)[C@H](CCCN=C(N)N)NC(=O)[C@@H](Cc2ccc3ccccc3c2)NC(=O)[C@H](Cc2cnc[nH]2)NC1=O. The average molecular weight is 1390 g/mol. The number of amides is 11. The molecule has 1 aliphatic rings. The molecular formula is C68H97N17O15. The van der Waals surface area contributed by atoms with Crippen LogP contribution in [0.15, 0.2) is 90.4 Å². The summed E-state index contributed by atoms with van der Waals surface area (Å²) in [5.41, 5.74) is 19.5. The first-order valence-electron chi connectivity index (χ1n) is 33.8. The third kappa shape index (κ3) is 28.8. The van der Waals surface area contributed by atoms with Crippen molar-refractivity contribution in [2.75, 3.05) is 79.0 Å². The van der Waals surface area contributed by atoms with E-state index in [1.165, 1.54) is 19.4 Å². The van der Waals surface area contributed by atoms with Gasteiger partial charge in [0.2, 0.25) is 65.0 Å². The summed E-state index contributed by atoms with van der Waals surface area (Å²) in [5.74, 6) is -8.46. The summed E-state index contributed by atoms with van der Waals surface area (Å²) in [6.07, 6.45) is 5.95. The van der Waals surface area contributed by atoms with Crippen LogP contribution < -0.4 is 70.4 Å². The largest absolute Gasteiger partial charge is 0.379 e. The topological polar surface area (TPSA) is 480 Å². The molecular weight excluding hydrogens is 1290 g/mol. The highest BCUT2D eigenvalue weighted by Crippen LogP contribution is 2.21. The number of ether oxygens (including phenoxy) is 4. The molecule has 100 heavy (non-hydrogen) atoms. The summed E-state index contributed by atoms with van der Waals surface area (Å²) >= 11 is 0. The van der Waals surface area contributed by atoms with Gasteiger partial charge >= 0.3 is 0 Å². The number of aromatic amines is 2. The maximum Gasteiger partial charge on any atom is 0.246 e. The molecule has 0 saturated carbocycles. The number of para-hydroxylation sites is 1. The Balaban J connectivity index is 1.21. The predicted octanol–water partition coefficient (Wildman–Crippen LogP) is -1.02. The normalized spacial score (nSPS) is 18.8. The zero-order chi connectivity index (χ0) is 72.0. The number of carbonyl (C=O) groups is 11. The van der Waals surface area contributed by atoms with Crippen molar-refractivity contribution in [2.45, 2.75) is 146 Å². The second kappa shape index (κ2) is 43.4. The van der Waals surface area contributed by atoms with Crippen molar-refractivity contribution in [1.29, 1.82) is 0 Å². The van der Waals surface area contributed by atoms with Gasteiger partial charge in [-0.2, -0.15) is 0 Å². The molecule has 0 radical (unpaired) electrons. The summed E-state index contributed by atoms with van der Waals surface area (Å²) in [6, 6.07) is 10.1. The van der Waals surface area contributed by atoms with Gasteiger partial charge in [0, 0.05) is 94.6 Å². The molecule has 32 nitrogen and oxygen atoms in total. The molecule has 7 atom stereocenters. The lowest BCUT2D eigenvalue weighted by Gasteiger charge is -2.28. The standard InChI is InChI=1S/C68H97N17O15/c1-3-4-17-52(79-60(89)41-100-40-59(88)75-26-13-28-98-30-32-99-31-29-97-27-12-25-73-43(2)86)62(91)85-57-37-58(87)74-23-10-9-19-51(61(69)90)80-65(94)55(35-47-38-77-50-18-8-7-16-49(47)50)83-63(92)53(20-11-24-76-68(70)71)81-64(93)54(34-44-21-22-45-14-5-6-15-46(45)33-44)82-66(95)56(84-67(57)96)36-48-39-72-42-78-48/h5-8,14-16,18,21-22,33,38-39,42,51-57,77H,3-4,9-13,17,19-20,23-32,34-37,40-41H2,1-2H3,(H2,69,90)(H,72,78)(H,73,86)(H,74,87)(H,75,88)(H,79,89)(H,80,94)(H,81,93)(H,82,95)(H,83,92)(H,84,96)(H,85,91)(H4,70,71,76)/t51-,52-,53-,54+,55-,56-,57-/m0/s1. The van der Waals surface area contributed by atoms with Crippen LogP contribution in [0.3, 0.4) is 0 Å². The molecule has 11 amide bonds. The van der Waals surface area contributed by atoms with E-state index >= 15 is 9.59 Å². The maximum atomic E-state index is 15.1. The minimum absolute atomic E-state index is 0.00657. The number of nitrogens with zero attached hydrogens (tertiary/aromatic N) is 2. The van der Waals surface area contributed by atoms with Crippen molar-refractivity contribution in [3.63, 3.8) is 0 Å². The number of nitrogens with one attached hydrogen (secondary N) is 12.